The van der Waals surface area contributed by atoms with E-state index in [0.717, 1.165) is 25.1 Å². The summed E-state index contributed by atoms with van der Waals surface area (Å²) in [5.74, 6) is 0. The van der Waals surface area contributed by atoms with Crippen molar-refractivity contribution in [1.82, 2.24) is 9.88 Å². The van der Waals surface area contributed by atoms with Crippen molar-refractivity contribution in [3.05, 3.63) is 42.2 Å². The SMILES string of the molecule is C=CCOC(=O)N1C[C@H]([Si](C)(C)C(C)(C)C)C[C@H]1Cc1ccnc(C)c1. The molecule has 0 saturated carbocycles. The fourth-order valence-corrected chi connectivity index (χ4v) is 6.42. The summed E-state index contributed by atoms with van der Waals surface area (Å²) in [6, 6.07) is 4.36. The van der Waals surface area contributed by atoms with E-state index in [4.69, 9.17) is 4.74 Å². The zero-order chi connectivity index (χ0) is 19.5. The minimum atomic E-state index is -1.54. The van der Waals surface area contributed by atoms with Gasteiger partial charge in [0.05, 0.1) is 8.07 Å². The van der Waals surface area contributed by atoms with E-state index < -0.39 is 8.07 Å². The van der Waals surface area contributed by atoms with Gasteiger partial charge in [0.2, 0.25) is 0 Å². The number of aromatic nitrogens is 1. The molecule has 2 atom stereocenters. The summed E-state index contributed by atoms with van der Waals surface area (Å²) in [5.41, 5.74) is 2.83. The molecule has 144 valence electrons. The van der Waals surface area contributed by atoms with Gasteiger partial charge in [-0.2, -0.15) is 0 Å². The number of carbonyl (C=O) groups excluding carboxylic acids is 1. The fourth-order valence-electron chi connectivity index (χ4n) is 3.69. The molecule has 0 unspecified atom stereocenters. The van der Waals surface area contributed by atoms with Gasteiger partial charge in [0.1, 0.15) is 6.61 Å². The standard InChI is InChI=1S/C21H34N2O2Si/c1-8-11-25-20(24)23-15-19(26(6,7)21(3,4)5)14-18(23)13-17-9-10-22-16(2)12-17/h8-10,12,18-19H,1,11,13-15H2,2-7H3/t18-,19-/m1/s1. The van der Waals surface area contributed by atoms with E-state index in [-0.39, 0.29) is 18.7 Å². The van der Waals surface area contributed by atoms with Crippen LogP contribution in [0.25, 0.3) is 0 Å². The summed E-state index contributed by atoms with van der Waals surface area (Å²) in [5, 5.41) is 0.302. The van der Waals surface area contributed by atoms with Crippen molar-refractivity contribution in [2.45, 2.75) is 70.3 Å². The monoisotopic (exact) mass is 374 g/mol. The van der Waals surface area contributed by atoms with E-state index in [9.17, 15) is 4.79 Å². The van der Waals surface area contributed by atoms with Gasteiger partial charge in [0, 0.05) is 24.5 Å². The topological polar surface area (TPSA) is 42.4 Å². The highest BCUT2D eigenvalue weighted by atomic mass is 28.3. The number of nitrogens with zero attached hydrogens (tertiary/aromatic N) is 2. The molecule has 1 fully saturated rings. The van der Waals surface area contributed by atoms with Crippen molar-refractivity contribution in [1.29, 1.82) is 0 Å². The molecule has 1 aliphatic heterocycles. The van der Waals surface area contributed by atoms with Crippen molar-refractivity contribution >= 4 is 14.2 Å². The molecular formula is C21H34N2O2Si. The Morgan fingerprint density at radius 1 is 1.46 bits per heavy atom. The molecule has 1 aromatic heterocycles. The predicted molar refractivity (Wildman–Crippen MR) is 110 cm³/mol. The maximum absolute atomic E-state index is 12.7. The highest BCUT2D eigenvalue weighted by Gasteiger charge is 2.48. The summed E-state index contributed by atoms with van der Waals surface area (Å²) in [6.07, 6.45) is 5.19. The van der Waals surface area contributed by atoms with Gasteiger partial charge in [-0.25, -0.2) is 4.79 Å². The van der Waals surface area contributed by atoms with Crippen molar-refractivity contribution in [2.24, 2.45) is 0 Å². The summed E-state index contributed by atoms with van der Waals surface area (Å²) < 4.78 is 5.39. The average Bonchev–Trinajstić information content (AvgIpc) is 2.96. The van der Waals surface area contributed by atoms with Crippen LogP contribution in [0.3, 0.4) is 0 Å². The number of hydrogen-bond acceptors (Lipinski definition) is 3. The Bertz CT molecular complexity index is 652. The van der Waals surface area contributed by atoms with E-state index in [1.54, 1.807) is 6.08 Å². The lowest BCUT2D eigenvalue weighted by Crippen LogP contribution is -2.43. The first-order chi connectivity index (χ1) is 12.1. The van der Waals surface area contributed by atoms with E-state index in [1.165, 1.54) is 5.56 Å². The fraction of sp³-hybridized carbons (Fsp3) is 0.619. The number of aryl methyl sites for hydroxylation is 1. The molecule has 1 saturated heterocycles. The number of hydrogen-bond donors (Lipinski definition) is 0. The second-order valence-electron chi connectivity index (χ2n) is 9.09. The van der Waals surface area contributed by atoms with Crippen LogP contribution in [0.4, 0.5) is 4.79 Å². The maximum atomic E-state index is 12.7. The van der Waals surface area contributed by atoms with Crippen LogP contribution in [-0.2, 0) is 11.2 Å². The van der Waals surface area contributed by atoms with Gasteiger partial charge in [-0.05, 0) is 48.0 Å². The minimum absolute atomic E-state index is 0.188. The zero-order valence-corrected chi connectivity index (χ0v) is 18.2. The molecule has 26 heavy (non-hydrogen) atoms. The lowest BCUT2D eigenvalue weighted by atomic mass is 10.0. The van der Waals surface area contributed by atoms with Crippen molar-refractivity contribution in [3.63, 3.8) is 0 Å². The Morgan fingerprint density at radius 3 is 2.73 bits per heavy atom. The van der Waals surface area contributed by atoms with Gasteiger partial charge in [0.25, 0.3) is 0 Å². The van der Waals surface area contributed by atoms with Crippen LogP contribution in [0, 0.1) is 6.92 Å². The average molecular weight is 375 g/mol. The number of carbonyl (C=O) groups is 1. The molecular weight excluding hydrogens is 340 g/mol. The first kappa shape index (κ1) is 20.7. The second-order valence-corrected chi connectivity index (χ2v) is 14.8. The molecule has 0 aliphatic carbocycles. The van der Waals surface area contributed by atoms with Crippen molar-refractivity contribution in [2.75, 3.05) is 13.2 Å². The summed E-state index contributed by atoms with van der Waals surface area (Å²) in [7, 11) is -1.54. The molecule has 0 aromatic carbocycles. The maximum Gasteiger partial charge on any atom is 0.410 e. The van der Waals surface area contributed by atoms with Crippen LogP contribution in [0.1, 0.15) is 38.4 Å². The first-order valence-corrected chi connectivity index (χ1v) is 12.6. The van der Waals surface area contributed by atoms with Crippen molar-refractivity contribution in [3.8, 4) is 0 Å². The van der Waals surface area contributed by atoms with E-state index in [0.29, 0.717) is 10.6 Å². The highest BCUT2D eigenvalue weighted by Crippen LogP contribution is 2.48. The molecule has 0 radical (unpaired) electrons. The van der Waals surface area contributed by atoms with E-state index in [1.807, 2.05) is 18.0 Å². The van der Waals surface area contributed by atoms with E-state index >= 15 is 0 Å². The number of likely N-dealkylation sites (tertiary alicyclic amines) is 1. The third-order valence-corrected chi connectivity index (χ3v) is 12.7. The van der Waals surface area contributed by atoms with Crippen LogP contribution < -0.4 is 0 Å². The van der Waals surface area contributed by atoms with Gasteiger partial charge >= 0.3 is 6.09 Å². The van der Waals surface area contributed by atoms with Crippen LogP contribution in [0.5, 0.6) is 0 Å². The molecule has 0 bridgehead atoms. The molecule has 4 nitrogen and oxygen atoms in total. The molecule has 0 spiro atoms. The van der Waals surface area contributed by atoms with Crippen LogP contribution in [0.15, 0.2) is 31.0 Å². The molecule has 5 heteroatoms. The molecule has 0 N–H and O–H groups in total. The normalized spacial score (nSPS) is 20.9. The van der Waals surface area contributed by atoms with Crippen LogP contribution in [-0.4, -0.2) is 43.2 Å². The Kier molecular flexibility index (Phi) is 6.32. The predicted octanol–water partition coefficient (Wildman–Crippen LogP) is 5.21. The summed E-state index contributed by atoms with van der Waals surface area (Å²) in [4.78, 5) is 18.9. The Balaban J connectivity index is 2.23. The van der Waals surface area contributed by atoms with E-state index in [2.05, 4.69) is 57.6 Å². The van der Waals surface area contributed by atoms with Gasteiger partial charge in [0.15, 0.2) is 0 Å². The molecule has 2 heterocycles. The summed E-state index contributed by atoms with van der Waals surface area (Å²) >= 11 is 0. The minimum Gasteiger partial charge on any atom is -0.445 e. The number of rotatable bonds is 5. The quantitative estimate of drug-likeness (QED) is 0.525. The van der Waals surface area contributed by atoms with Crippen LogP contribution >= 0.6 is 0 Å². The molecule has 2 rings (SSSR count). The number of ether oxygens (including phenoxy) is 1. The Hall–Kier alpha value is -1.62. The lowest BCUT2D eigenvalue weighted by Gasteiger charge is -2.41. The Morgan fingerprint density at radius 2 is 2.15 bits per heavy atom. The van der Waals surface area contributed by atoms with Gasteiger partial charge in [-0.1, -0.05) is 46.5 Å². The third kappa shape index (κ3) is 4.56. The first-order valence-electron chi connectivity index (χ1n) is 9.52. The largest absolute Gasteiger partial charge is 0.445 e. The number of pyridine rings is 1. The molecule has 1 aliphatic rings. The third-order valence-electron chi connectivity index (χ3n) is 6.36. The summed E-state index contributed by atoms with van der Waals surface area (Å²) in [6.45, 7) is 18.7. The Labute approximate surface area is 159 Å². The van der Waals surface area contributed by atoms with Gasteiger partial charge in [-0.15, -0.1) is 0 Å². The van der Waals surface area contributed by atoms with Crippen molar-refractivity contribution < 1.29 is 9.53 Å². The number of amides is 1. The molecule has 1 aromatic rings. The smallest absolute Gasteiger partial charge is 0.410 e. The zero-order valence-electron chi connectivity index (χ0n) is 17.2. The van der Waals surface area contributed by atoms with Crippen LogP contribution in [0.2, 0.25) is 23.7 Å². The lowest BCUT2D eigenvalue weighted by molar-refractivity contribution is 0.108. The molecule has 1 amide bonds. The van der Waals surface area contributed by atoms with Gasteiger partial charge < -0.3 is 9.64 Å². The highest BCUT2D eigenvalue weighted by molar-refractivity contribution is 6.81. The second kappa shape index (κ2) is 7.95. The van der Waals surface area contributed by atoms with Gasteiger partial charge in [-0.3, -0.25) is 4.98 Å².